The number of nitrogens with zero attached hydrogens (tertiary/aromatic N) is 1. The highest BCUT2D eigenvalue weighted by atomic mass is 16.5. The summed E-state index contributed by atoms with van der Waals surface area (Å²) in [6.45, 7) is 3.88. The summed E-state index contributed by atoms with van der Waals surface area (Å²) >= 11 is 0. The first kappa shape index (κ1) is 12.3. The zero-order chi connectivity index (χ0) is 12.6. The number of ether oxygens (including phenoxy) is 1. The van der Waals surface area contributed by atoms with Gasteiger partial charge in [-0.2, -0.15) is 0 Å². The van der Waals surface area contributed by atoms with Gasteiger partial charge in [-0.15, -0.1) is 0 Å². The van der Waals surface area contributed by atoms with Crippen molar-refractivity contribution >= 4 is 5.96 Å². The van der Waals surface area contributed by atoms with Crippen LogP contribution in [0.5, 0.6) is 0 Å². The third-order valence-electron chi connectivity index (χ3n) is 5.10. The van der Waals surface area contributed by atoms with Gasteiger partial charge >= 0.3 is 0 Å². The normalized spacial score (nSPS) is 37.6. The molecule has 1 saturated heterocycles. The molecule has 2 aliphatic carbocycles. The van der Waals surface area contributed by atoms with Gasteiger partial charge in [0.05, 0.1) is 6.10 Å². The number of aliphatic imine (C=N–C) groups is 1. The van der Waals surface area contributed by atoms with E-state index in [2.05, 4.69) is 17.2 Å². The van der Waals surface area contributed by atoms with Gasteiger partial charge in [0.15, 0.2) is 5.96 Å². The summed E-state index contributed by atoms with van der Waals surface area (Å²) in [4.78, 5) is 4.38. The minimum absolute atomic E-state index is 0.369. The molecule has 1 heterocycles. The van der Waals surface area contributed by atoms with E-state index in [0.717, 1.165) is 19.6 Å². The van der Waals surface area contributed by atoms with Crippen LogP contribution in [-0.2, 0) is 4.74 Å². The van der Waals surface area contributed by atoms with Gasteiger partial charge in [0.1, 0.15) is 0 Å². The number of guanidine groups is 1. The highest BCUT2D eigenvalue weighted by Crippen LogP contribution is 2.60. The summed E-state index contributed by atoms with van der Waals surface area (Å²) < 4.78 is 5.96. The number of nitrogens with one attached hydrogen (secondary N) is 1. The number of hydrogen-bond acceptors (Lipinski definition) is 2. The largest absolute Gasteiger partial charge is 0.377 e. The van der Waals surface area contributed by atoms with Crippen LogP contribution in [0.4, 0.5) is 0 Å². The van der Waals surface area contributed by atoms with Gasteiger partial charge in [0.25, 0.3) is 0 Å². The Kier molecular flexibility index (Phi) is 3.22. The van der Waals surface area contributed by atoms with Crippen molar-refractivity contribution in [2.24, 2.45) is 22.1 Å². The highest BCUT2D eigenvalue weighted by molar-refractivity contribution is 5.78. The summed E-state index contributed by atoms with van der Waals surface area (Å²) in [5, 5.41) is 3.50. The van der Waals surface area contributed by atoms with E-state index in [9.17, 15) is 0 Å². The minimum atomic E-state index is 0.369. The number of fused-ring (bicyclic) bond motifs is 2. The average molecular weight is 251 g/mol. The molecular formula is C14H25N3O. The number of nitrogens with two attached hydrogens (primary N) is 1. The molecule has 0 aromatic rings. The Labute approximate surface area is 109 Å². The Morgan fingerprint density at radius 3 is 2.94 bits per heavy atom. The lowest BCUT2D eigenvalue weighted by Crippen LogP contribution is -2.69. The molecule has 3 fully saturated rings. The van der Waals surface area contributed by atoms with Crippen molar-refractivity contribution in [3.8, 4) is 0 Å². The second kappa shape index (κ2) is 4.72. The zero-order valence-electron chi connectivity index (χ0n) is 11.3. The zero-order valence-corrected chi connectivity index (χ0v) is 11.3. The summed E-state index contributed by atoms with van der Waals surface area (Å²) in [7, 11) is 0. The molecular weight excluding hydrogens is 226 g/mol. The molecule has 1 spiro atoms. The van der Waals surface area contributed by atoms with E-state index in [1.807, 2.05) is 0 Å². The first-order chi connectivity index (χ1) is 8.78. The van der Waals surface area contributed by atoms with Crippen molar-refractivity contribution in [3.05, 3.63) is 0 Å². The molecule has 1 aliphatic heterocycles. The van der Waals surface area contributed by atoms with Crippen molar-refractivity contribution in [1.29, 1.82) is 0 Å². The Morgan fingerprint density at radius 1 is 1.44 bits per heavy atom. The first-order valence-corrected chi connectivity index (χ1v) is 7.46. The van der Waals surface area contributed by atoms with Crippen LogP contribution in [0.2, 0.25) is 0 Å². The van der Waals surface area contributed by atoms with Crippen LogP contribution in [0.15, 0.2) is 4.99 Å². The maximum Gasteiger partial charge on any atom is 0.188 e. The molecule has 0 bridgehead atoms. The predicted octanol–water partition coefficient (Wildman–Crippen LogP) is 1.65. The molecule has 0 amide bonds. The third kappa shape index (κ3) is 1.73. The van der Waals surface area contributed by atoms with E-state index < -0.39 is 0 Å². The predicted molar refractivity (Wildman–Crippen MR) is 72.5 cm³/mol. The quantitative estimate of drug-likeness (QED) is 0.592. The lowest BCUT2D eigenvalue weighted by Gasteiger charge is -2.57. The van der Waals surface area contributed by atoms with Crippen LogP contribution >= 0.6 is 0 Å². The molecule has 3 N–H and O–H groups in total. The van der Waals surface area contributed by atoms with Crippen LogP contribution in [0.25, 0.3) is 0 Å². The SMILES string of the molecule is CCCN=C(N)NC1C2CCOC2C12CCCC2. The smallest absolute Gasteiger partial charge is 0.188 e. The second-order valence-electron chi connectivity index (χ2n) is 6.07. The van der Waals surface area contributed by atoms with Crippen molar-refractivity contribution in [2.45, 2.75) is 57.6 Å². The third-order valence-corrected chi connectivity index (χ3v) is 5.10. The Hall–Kier alpha value is -0.770. The molecule has 0 aromatic heterocycles. The maximum absolute atomic E-state index is 6.00. The lowest BCUT2D eigenvalue weighted by atomic mass is 9.54. The monoisotopic (exact) mass is 251 g/mol. The van der Waals surface area contributed by atoms with E-state index in [0.29, 0.717) is 29.4 Å². The maximum atomic E-state index is 6.00. The van der Waals surface area contributed by atoms with Gasteiger partial charge in [0.2, 0.25) is 0 Å². The van der Waals surface area contributed by atoms with E-state index in [4.69, 9.17) is 10.5 Å². The van der Waals surface area contributed by atoms with Crippen LogP contribution < -0.4 is 11.1 Å². The Morgan fingerprint density at radius 2 is 2.22 bits per heavy atom. The summed E-state index contributed by atoms with van der Waals surface area (Å²) in [5.74, 6) is 1.30. The fraction of sp³-hybridized carbons (Fsp3) is 0.929. The Balaban J connectivity index is 1.70. The van der Waals surface area contributed by atoms with E-state index in [-0.39, 0.29) is 0 Å². The molecule has 3 rings (SSSR count). The van der Waals surface area contributed by atoms with E-state index in [1.165, 1.54) is 32.1 Å². The van der Waals surface area contributed by atoms with Crippen molar-refractivity contribution in [2.75, 3.05) is 13.2 Å². The molecule has 3 atom stereocenters. The van der Waals surface area contributed by atoms with Crippen molar-refractivity contribution in [3.63, 3.8) is 0 Å². The number of rotatable bonds is 3. The molecule has 102 valence electrons. The second-order valence-corrected chi connectivity index (χ2v) is 6.07. The minimum Gasteiger partial charge on any atom is -0.377 e. The molecule has 2 saturated carbocycles. The molecule has 3 aliphatic rings. The van der Waals surface area contributed by atoms with Crippen molar-refractivity contribution in [1.82, 2.24) is 5.32 Å². The standard InChI is InChI=1S/C14H25N3O/c1-2-8-16-13(15)17-11-10-5-9-18-12(10)14(11)6-3-4-7-14/h10-12H,2-9H2,1H3,(H3,15,16,17). The highest BCUT2D eigenvalue weighted by Gasteiger charge is 2.64. The topological polar surface area (TPSA) is 59.6 Å². The van der Waals surface area contributed by atoms with Gasteiger partial charge in [-0.25, -0.2) is 0 Å². The summed E-state index contributed by atoms with van der Waals surface area (Å²) in [5.41, 5.74) is 6.37. The fourth-order valence-electron chi connectivity index (χ4n) is 4.34. The Bertz CT molecular complexity index is 336. The van der Waals surface area contributed by atoms with Gasteiger partial charge in [-0.05, 0) is 25.7 Å². The summed E-state index contributed by atoms with van der Waals surface area (Å²) in [6.07, 6.45) is 8.02. The molecule has 0 aromatic carbocycles. The van der Waals surface area contributed by atoms with Crippen LogP contribution in [0.1, 0.15) is 45.4 Å². The van der Waals surface area contributed by atoms with Gasteiger partial charge in [0, 0.05) is 30.5 Å². The fourth-order valence-corrected chi connectivity index (χ4v) is 4.34. The first-order valence-electron chi connectivity index (χ1n) is 7.46. The van der Waals surface area contributed by atoms with E-state index in [1.54, 1.807) is 0 Å². The lowest BCUT2D eigenvalue weighted by molar-refractivity contribution is -0.124. The van der Waals surface area contributed by atoms with Crippen molar-refractivity contribution < 1.29 is 4.74 Å². The van der Waals surface area contributed by atoms with Crippen LogP contribution in [0, 0.1) is 11.3 Å². The molecule has 3 unspecified atom stereocenters. The molecule has 4 heteroatoms. The van der Waals surface area contributed by atoms with Gasteiger partial charge < -0.3 is 15.8 Å². The molecule has 18 heavy (non-hydrogen) atoms. The average Bonchev–Trinajstić information content (AvgIpc) is 3.00. The van der Waals surface area contributed by atoms with Gasteiger partial charge in [-0.1, -0.05) is 19.8 Å². The van der Waals surface area contributed by atoms with Crippen LogP contribution in [-0.4, -0.2) is 31.3 Å². The molecule has 4 nitrogen and oxygen atoms in total. The van der Waals surface area contributed by atoms with E-state index >= 15 is 0 Å². The number of hydrogen-bond donors (Lipinski definition) is 2. The van der Waals surface area contributed by atoms with Crippen LogP contribution in [0.3, 0.4) is 0 Å². The summed E-state index contributed by atoms with van der Waals surface area (Å²) in [6, 6.07) is 0.508. The molecule has 0 radical (unpaired) electrons. The van der Waals surface area contributed by atoms with Gasteiger partial charge in [-0.3, -0.25) is 4.99 Å².